The quantitative estimate of drug-likeness (QED) is 0.741. The van der Waals surface area contributed by atoms with Crippen LogP contribution >= 0.6 is 0 Å². The van der Waals surface area contributed by atoms with Gasteiger partial charge in [0.05, 0.1) is 13.2 Å². The minimum Gasteiger partial charge on any atom is -0.367 e. The minimum atomic E-state index is -1.12. The summed E-state index contributed by atoms with van der Waals surface area (Å²) in [5, 5.41) is 4.05. The molecule has 1 aromatic heterocycles. The highest BCUT2D eigenvalue weighted by Gasteiger charge is 2.39. The molecule has 2 amide bonds. The molecule has 1 aliphatic heterocycles. The second kappa shape index (κ2) is 4.41. The van der Waals surface area contributed by atoms with Crippen molar-refractivity contribution in [3.63, 3.8) is 0 Å². The summed E-state index contributed by atoms with van der Waals surface area (Å²) in [6, 6.07) is 1.64. The van der Waals surface area contributed by atoms with Gasteiger partial charge in [0.15, 0.2) is 5.60 Å². The normalized spacial score (nSPS) is 24.0. The molecule has 0 unspecified atom stereocenters. The molecular formula is C11H16N4O3. The van der Waals surface area contributed by atoms with Gasteiger partial charge in [-0.15, -0.1) is 0 Å². The third-order valence-corrected chi connectivity index (χ3v) is 3.02. The molecule has 1 aromatic rings. The molecule has 1 saturated heterocycles. The molecule has 2 heterocycles. The number of amides is 2. The maximum absolute atomic E-state index is 12.2. The van der Waals surface area contributed by atoms with E-state index in [2.05, 4.69) is 5.10 Å². The number of hydrogen-bond acceptors (Lipinski definition) is 4. The Kier molecular flexibility index (Phi) is 3.08. The lowest BCUT2D eigenvalue weighted by Crippen LogP contribution is -2.58. The molecule has 0 aliphatic carbocycles. The topological polar surface area (TPSA) is 90.5 Å². The van der Waals surface area contributed by atoms with E-state index in [0.29, 0.717) is 12.2 Å². The standard InChI is InChI=1S/C11H16N4O3/c1-11(10(12)17)7-15(5-6-18-11)9(16)8-3-4-14(2)13-8/h3-4H,5-7H2,1-2H3,(H2,12,17)/t11-/m0/s1. The number of carbonyl (C=O) groups is 2. The summed E-state index contributed by atoms with van der Waals surface area (Å²) in [4.78, 5) is 25.0. The van der Waals surface area contributed by atoms with Crippen molar-refractivity contribution in [2.75, 3.05) is 19.7 Å². The first-order valence-electron chi connectivity index (χ1n) is 5.65. The van der Waals surface area contributed by atoms with Crippen LogP contribution in [0.5, 0.6) is 0 Å². The number of primary amides is 1. The highest BCUT2D eigenvalue weighted by molar-refractivity contribution is 5.93. The van der Waals surface area contributed by atoms with Gasteiger partial charge in [0.1, 0.15) is 5.69 Å². The van der Waals surface area contributed by atoms with Crippen molar-refractivity contribution in [1.82, 2.24) is 14.7 Å². The van der Waals surface area contributed by atoms with Crippen molar-refractivity contribution in [3.05, 3.63) is 18.0 Å². The predicted molar refractivity (Wildman–Crippen MR) is 62.7 cm³/mol. The van der Waals surface area contributed by atoms with Gasteiger partial charge in [-0.2, -0.15) is 5.10 Å². The van der Waals surface area contributed by atoms with E-state index in [-0.39, 0.29) is 19.1 Å². The number of aromatic nitrogens is 2. The smallest absolute Gasteiger partial charge is 0.274 e. The molecule has 18 heavy (non-hydrogen) atoms. The summed E-state index contributed by atoms with van der Waals surface area (Å²) in [7, 11) is 1.74. The van der Waals surface area contributed by atoms with E-state index < -0.39 is 11.5 Å². The Morgan fingerprint density at radius 2 is 2.28 bits per heavy atom. The molecule has 1 fully saturated rings. The highest BCUT2D eigenvalue weighted by atomic mass is 16.5. The number of morpholine rings is 1. The van der Waals surface area contributed by atoms with Gasteiger partial charge in [-0.1, -0.05) is 0 Å². The lowest BCUT2D eigenvalue weighted by molar-refractivity contribution is -0.150. The molecule has 2 N–H and O–H groups in total. The maximum atomic E-state index is 12.2. The summed E-state index contributed by atoms with van der Waals surface area (Å²) in [6.45, 7) is 2.46. The van der Waals surface area contributed by atoms with Crippen LogP contribution in [0.3, 0.4) is 0 Å². The predicted octanol–water partition coefficient (Wildman–Crippen LogP) is -0.863. The van der Waals surface area contributed by atoms with Crippen molar-refractivity contribution >= 4 is 11.8 Å². The van der Waals surface area contributed by atoms with Crippen LogP contribution in [0, 0.1) is 0 Å². The van der Waals surface area contributed by atoms with Gasteiger partial charge in [0, 0.05) is 19.8 Å². The van der Waals surface area contributed by atoms with E-state index in [9.17, 15) is 9.59 Å². The van der Waals surface area contributed by atoms with E-state index in [1.807, 2.05) is 0 Å². The third kappa shape index (κ3) is 2.21. The highest BCUT2D eigenvalue weighted by Crippen LogP contribution is 2.18. The second-order valence-corrected chi connectivity index (χ2v) is 4.54. The van der Waals surface area contributed by atoms with Crippen LogP contribution in [0.1, 0.15) is 17.4 Å². The zero-order valence-electron chi connectivity index (χ0n) is 10.4. The molecule has 98 valence electrons. The maximum Gasteiger partial charge on any atom is 0.274 e. The minimum absolute atomic E-state index is 0.151. The van der Waals surface area contributed by atoms with Crippen LogP contribution in [-0.2, 0) is 16.6 Å². The molecule has 7 heteroatoms. The Bertz CT molecular complexity index is 484. The largest absolute Gasteiger partial charge is 0.367 e. The lowest BCUT2D eigenvalue weighted by atomic mass is 10.0. The average molecular weight is 252 g/mol. The zero-order valence-corrected chi connectivity index (χ0v) is 10.4. The molecule has 1 aliphatic rings. The number of ether oxygens (including phenoxy) is 1. The van der Waals surface area contributed by atoms with Gasteiger partial charge in [0.2, 0.25) is 0 Å². The molecule has 1 atom stereocenters. The van der Waals surface area contributed by atoms with E-state index in [1.165, 1.54) is 4.90 Å². The van der Waals surface area contributed by atoms with Crippen LogP contribution < -0.4 is 5.73 Å². The Morgan fingerprint density at radius 3 is 2.83 bits per heavy atom. The molecule has 0 aromatic carbocycles. The summed E-state index contributed by atoms with van der Waals surface area (Å²) in [5.74, 6) is -0.785. The van der Waals surface area contributed by atoms with Crippen LogP contribution in [0.25, 0.3) is 0 Å². The summed E-state index contributed by atoms with van der Waals surface area (Å²) in [5.41, 5.74) is 4.52. The zero-order chi connectivity index (χ0) is 13.3. The molecule has 7 nitrogen and oxygen atoms in total. The average Bonchev–Trinajstić information content (AvgIpc) is 2.75. The summed E-state index contributed by atoms with van der Waals surface area (Å²) in [6.07, 6.45) is 1.70. The van der Waals surface area contributed by atoms with Crippen LogP contribution in [0.2, 0.25) is 0 Å². The molecule has 0 bridgehead atoms. The summed E-state index contributed by atoms with van der Waals surface area (Å²) < 4.78 is 6.91. The van der Waals surface area contributed by atoms with Gasteiger partial charge < -0.3 is 15.4 Å². The molecule has 0 spiro atoms. The number of rotatable bonds is 2. The van der Waals surface area contributed by atoms with E-state index in [1.54, 1.807) is 30.9 Å². The summed E-state index contributed by atoms with van der Waals surface area (Å²) >= 11 is 0. The molecule has 0 saturated carbocycles. The Balaban J connectivity index is 2.14. The van der Waals surface area contributed by atoms with E-state index in [4.69, 9.17) is 10.5 Å². The Morgan fingerprint density at radius 1 is 1.56 bits per heavy atom. The van der Waals surface area contributed by atoms with Gasteiger partial charge in [-0.25, -0.2) is 0 Å². The monoisotopic (exact) mass is 252 g/mol. The first-order chi connectivity index (χ1) is 8.42. The Hall–Kier alpha value is -1.89. The fourth-order valence-corrected chi connectivity index (χ4v) is 1.88. The fraction of sp³-hybridized carbons (Fsp3) is 0.545. The first-order valence-corrected chi connectivity index (χ1v) is 5.65. The second-order valence-electron chi connectivity index (χ2n) is 4.54. The van der Waals surface area contributed by atoms with Crippen molar-refractivity contribution in [3.8, 4) is 0 Å². The third-order valence-electron chi connectivity index (χ3n) is 3.02. The van der Waals surface area contributed by atoms with Crippen LogP contribution in [0.15, 0.2) is 12.3 Å². The SMILES string of the molecule is Cn1ccc(C(=O)N2CCO[C@](C)(C(N)=O)C2)n1. The van der Waals surface area contributed by atoms with E-state index >= 15 is 0 Å². The van der Waals surface area contributed by atoms with Gasteiger partial charge >= 0.3 is 0 Å². The molecular weight excluding hydrogens is 236 g/mol. The number of nitrogens with zero attached hydrogens (tertiary/aromatic N) is 3. The number of hydrogen-bond donors (Lipinski definition) is 1. The van der Waals surface area contributed by atoms with Crippen molar-refractivity contribution in [2.24, 2.45) is 12.8 Å². The fourth-order valence-electron chi connectivity index (χ4n) is 1.88. The van der Waals surface area contributed by atoms with E-state index in [0.717, 1.165) is 0 Å². The lowest BCUT2D eigenvalue weighted by Gasteiger charge is -2.37. The number of nitrogens with two attached hydrogens (primary N) is 1. The molecule has 2 rings (SSSR count). The van der Waals surface area contributed by atoms with Crippen molar-refractivity contribution in [2.45, 2.75) is 12.5 Å². The van der Waals surface area contributed by atoms with Crippen LogP contribution in [-0.4, -0.2) is 51.8 Å². The van der Waals surface area contributed by atoms with Crippen LogP contribution in [0.4, 0.5) is 0 Å². The molecule has 0 radical (unpaired) electrons. The number of aryl methyl sites for hydroxylation is 1. The van der Waals surface area contributed by atoms with Crippen molar-refractivity contribution in [1.29, 1.82) is 0 Å². The number of carbonyl (C=O) groups excluding carboxylic acids is 2. The Labute approximate surface area is 104 Å². The van der Waals surface area contributed by atoms with Gasteiger partial charge in [-0.3, -0.25) is 14.3 Å². The van der Waals surface area contributed by atoms with Gasteiger partial charge in [-0.05, 0) is 13.0 Å². The van der Waals surface area contributed by atoms with Crippen molar-refractivity contribution < 1.29 is 14.3 Å². The van der Waals surface area contributed by atoms with Gasteiger partial charge in [0.25, 0.3) is 11.8 Å². The first kappa shape index (κ1) is 12.6.